The average Bonchev–Trinajstić information content (AvgIpc) is 2.26. The standard InChI is InChI=1S/C11H22O6/c1-10(2)17-11(13)9-16-8-7-15-6-5-14-4-3-12/h10,12H,3-9H2,1-2H3. The molecule has 0 heterocycles. The number of esters is 1. The van der Waals surface area contributed by atoms with E-state index in [2.05, 4.69) is 0 Å². The molecule has 0 amide bonds. The molecule has 0 radical (unpaired) electrons. The summed E-state index contributed by atoms with van der Waals surface area (Å²) in [5.74, 6) is -0.369. The summed E-state index contributed by atoms with van der Waals surface area (Å²) in [5.41, 5.74) is 0. The number of rotatable bonds is 11. The summed E-state index contributed by atoms with van der Waals surface area (Å²) in [4.78, 5) is 11.0. The van der Waals surface area contributed by atoms with Gasteiger partial charge in [0.1, 0.15) is 6.61 Å². The van der Waals surface area contributed by atoms with Gasteiger partial charge in [-0.15, -0.1) is 0 Å². The fraction of sp³-hybridized carbons (Fsp3) is 0.909. The van der Waals surface area contributed by atoms with Crippen LogP contribution in [0.5, 0.6) is 0 Å². The fourth-order valence-corrected chi connectivity index (χ4v) is 0.957. The third-order valence-corrected chi connectivity index (χ3v) is 1.57. The van der Waals surface area contributed by atoms with E-state index in [1.54, 1.807) is 13.8 Å². The van der Waals surface area contributed by atoms with E-state index in [9.17, 15) is 4.79 Å². The first kappa shape index (κ1) is 16.3. The van der Waals surface area contributed by atoms with Crippen LogP contribution in [0.15, 0.2) is 0 Å². The number of carbonyl (C=O) groups excluding carboxylic acids is 1. The Labute approximate surface area is 102 Å². The molecule has 0 aliphatic heterocycles. The minimum atomic E-state index is -0.369. The monoisotopic (exact) mass is 250 g/mol. The van der Waals surface area contributed by atoms with E-state index in [1.807, 2.05) is 0 Å². The summed E-state index contributed by atoms with van der Waals surface area (Å²) in [7, 11) is 0. The van der Waals surface area contributed by atoms with Crippen molar-refractivity contribution < 1.29 is 28.8 Å². The Morgan fingerprint density at radius 2 is 1.53 bits per heavy atom. The van der Waals surface area contributed by atoms with Gasteiger partial charge in [-0.1, -0.05) is 0 Å². The van der Waals surface area contributed by atoms with E-state index in [0.717, 1.165) is 0 Å². The van der Waals surface area contributed by atoms with Crippen LogP contribution in [-0.4, -0.2) is 63.4 Å². The highest BCUT2D eigenvalue weighted by Crippen LogP contribution is 1.90. The first-order valence-electron chi connectivity index (χ1n) is 5.70. The van der Waals surface area contributed by atoms with Crippen LogP contribution in [0.25, 0.3) is 0 Å². The van der Waals surface area contributed by atoms with Crippen molar-refractivity contribution in [1.82, 2.24) is 0 Å². The summed E-state index contributed by atoms with van der Waals surface area (Å²) in [6, 6.07) is 0. The van der Waals surface area contributed by atoms with Crippen LogP contribution >= 0.6 is 0 Å². The van der Waals surface area contributed by atoms with Crippen LogP contribution in [0.3, 0.4) is 0 Å². The lowest BCUT2D eigenvalue weighted by Crippen LogP contribution is -2.19. The van der Waals surface area contributed by atoms with Crippen LogP contribution in [0.1, 0.15) is 13.8 Å². The first-order chi connectivity index (χ1) is 8.16. The minimum absolute atomic E-state index is 0.0150. The molecule has 17 heavy (non-hydrogen) atoms. The number of hydrogen-bond donors (Lipinski definition) is 1. The number of carbonyl (C=O) groups is 1. The third-order valence-electron chi connectivity index (χ3n) is 1.57. The fourth-order valence-electron chi connectivity index (χ4n) is 0.957. The van der Waals surface area contributed by atoms with Crippen molar-refractivity contribution in [2.24, 2.45) is 0 Å². The maximum Gasteiger partial charge on any atom is 0.332 e. The van der Waals surface area contributed by atoms with Crippen LogP contribution < -0.4 is 0 Å². The molecule has 0 aromatic rings. The van der Waals surface area contributed by atoms with Crippen molar-refractivity contribution in [3.8, 4) is 0 Å². The second-order valence-electron chi connectivity index (χ2n) is 3.54. The van der Waals surface area contributed by atoms with E-state index >= 15 is 0 Å². The minimum Gasteiger partial charge on any atom is -0.461 e. The molecule has 0 saturated heterocycles. The van der Waals surface area contributed by atoms with Gasteiger partial charge in [0.25, 0.3) is 0 Å². The summed E-state index contributed by atoms with van der Waals surface area (Å²) in [6.07, 6.45) is -0.119. The summed E-state index contributed by atoms with van der Waals surface area (Å²) in [6.45, 7) is 5.48. The molecule has 0 saturated carbocycles. The maximum atomic E-state index is 11.0. The molecule has 0 bridgehead atoms. The van der Waals surface area contributed by atoms with E-state index in [0.29, 0.717) is 33.0 Å². The Morgan fingerprint density at radius 3 is 2.06 bits per heavy atom. The Kier molecular flexibility index (Phi) is 11.3. The second kappa shape index (κ2) is 11.8. The molecule has 6 nitrogen and oxygen atoms in total. The van der Waals surface area contributed by atoms with Gasteiger partial charge >= 0.3 is 5.97 Å². The predicted molar refractivity (Wildman–Crippen MR) is 60.8 cm³/mol. The van der Waals surface area contributed by atoms with Crippen molar-refractivity contribution in [2.75, 3.05) is 46.2 Å². The van der Waals surface area contributed by atoms with Crippen LogP contribution in [0.4, 0.5) is 0 Å². The van der Waals surface area contributed by atoms with Crippen molar-refractivity contribution in [3.63, 3.8) is 0 Å². The molecule has 0 spiro atoms. The molecule has 0 aromatic heterocycles. The highest BCUT2D eigenvalue weighted by molar-refractivity contribution is 5.70. The molecule has 0 unspecified atom stereocenters. The number of hydrogen-bond acceptors (Lipinski definition) is 6. The molecular weight excluding hydrogens is 228 g/mol. The quantitative estimate of drug-likeness (QED) is 0.410. The zero-order valence-corrected chi connectivity index (χ0v) is 10.5. The predicted octanol–water partition coefficient (Wildman–Crippen LogP) is -0.0199. The van der Waals surface area contributed by atoms with Crippen molar-refractivity contribution in [3.05, 3.63) is 0 Å². The van der Waals surface area contributed by atoms with E-state index in [-0.39, 0.29) is 25.3 Å². The Bertz CT molecular complexity index is 183. The molecule has 0 aliphatic rings. The molecule has 0 aromatic carbocycles. The largest absolute Gasteiger partial charge is 0.461 e. The molecule has 0 rings (SSSR count). The maximum absolute atomic E-state index is 11.0. The molecule has 102 valence electrons. The average molecular weight is 250 g/mol. The lowest BCUT2D eigenvalue weighted by molar-refractivity contribution is -0.153. The molecule has 0 aliphatic carbocycles. The van der Waals surface area contributed by atoms with Gasteiger partial charge in [0.2, 0.25) is 0 Å². The van der Waals surface area contributed by atoms with Crippen molar-refractivity contribution in [2.45, 2.75) is 20.0 Å². The molecule has 1 N–H and O–H groups in total. The van der Waals surface area contributed by atoms with E-state index < -0.39 is 0 Å². The third kappa shape index (κ3) is 13.2. The highest BCUT2D eigenvalue weighted by atomic mass is 16.6. The van der Waals surface area contributed by atoms with Crippen LogP contribution in [0, 0.1) is 0 Å². The molecule has 0 fully saturated rings. The zero-order chi connectivity index (χ0) is 12.9. The highest BCUT2D eigenvalue weighted by Gasteiger charge is 2.04. The summed E-state index contributed by atoms with van der Waals surface area (Å²) >= 11 is 0. The SMILES string of the molecule is CC(C)OC(=O)COCCOCCOCCO. The summed E-state index contributed by atoms with van der Waals surface area (Å²) in [5, 5.41) is 8.42. The van der Waals surface area contributed by atoms with Gasteiger partial charge in [0.05, 0.1) is 45.7 Å². The van der Waals surface area contributed by atoms with Gasteiger partial charge in [0.15, 0.2) is 0 Å². The summed E-state index contributed by atoms with van der Waals surface area (Å²) < 4.78 is 20.1. The Morgan fingerprint density at radius 1 is 1.00 bits per heavy atom. The lowest BCUT2D eigenvalue weighted by Gasteiger charge is -2.08. The Hall–Kier alpha value is -0.690. The van der Waals surface area contributed by atoms with Gasteiger partial charge < -0.3 is 24.1 Å². The van der Waals surface area contributed by atoms with Gasteiger partial charge in [-0.25, -0.2) is 4.79 Å². The van der Waals surface area contributed by atoms with Gasteiger partial charge in [-0.3, -0.25) is 0 Å². The normalized spacial score (nSPS) is 10.8. The van der Waals surface area contributed by atoms with Crippen molar-refractivity contribution >= 4 is 5.97 Å². The topological polar surface area (TPSA) is 74.2 Å². The van der Waals surface area contributed by atoms with E-state index in [1.165, 1.54) is 0 Å². The number of ether oxygens (including phenoxy) is 4. The Balaban J connectivity index is 3.10. The van der Waals surface area contributed by atoms with Gasteiger partial charge in [-0.05, 0) is 13.8 Å². The van der Waals surface area contributed by atoms with Gasteiger partial charge in [-0.2, -0.15) is 0 Å². The number of aliphatic hydroxyl groups excluding tert-OH is 1. The van der Waals surface area contributed by atoms with Gasteiger partial charge in [0, 0.05) is 0 Å². The lowest BCUT2D eigenvalue weighted by atomic mass is 10.5. The van der Waals surface area contributed by atoms with Crippen molar-refractivity contribution in [1.29, 1.82) is 0 Å². The van der Waals surface area contributed by atoms with E-state index in [4.69, 9.17) is 24.1 Å². The van der Waals surface area contributed by atoms with Crippen LogP contribution in [0.2, 0.25) is 0 Å². The molecule has 0 atom stereocenters. The zero-order valence-electron chi connectivity index (χ0n) is 10.5. The van der Waals surface area contributed by atoms with Crippen LogP contribution in [-0.2, 0) is 23.7 Å². The smallest absolute Gasteiger partial charge is 0.332 e. The first-order valence-corrected chi connectivity index (χ1v) is 5.70. The molecular formula is C11H22O6. The second-order valence-corrected chi connectivity index (χ2v) is 3.54. The number of aliphatic hydroxyl groups is 1. The molecule has 6 heteroatoms.